The number of carbonyl (C=O) groups is 4. The first-order valence-corrected chi connectivity index (χ1v) is 9.96. The van der Waals surface area contributed by atoms with Crippen LogP contribution >= 0.6 is 11.8 Å². The third kappa shape index (κ3) is 4.02. The molecule has 0 saturated carbocycles. The number of benzene rings is 1. The van der Waals surface area contributed by atoms with Gasteiger partial charge in [0, 0.05) is 17.0 Å². The highest BCUT2D eigenvalue weighted by Gasteiger charge is 2.41. The van der Waals surface area contributed by atoms with Crippen LogP contribution in [-0.4, -0.2) is 45.8 Å². The second-order valence-corrected chi connectivity index (χ2v) is 7.71. The number of hydrogen-bond donors (Lipinski definition) is 1. The van der Waals surface area contributed by atoms with Crippen molar-refractivity contribution >= 4 is 40.9 Å². The van der Waals surface area contributed by atoms with Crippen LogP contribution in [0.2, 0.25) is 0 Å². The van der Waals surface area contributed by atoms with Gasteiger partial charge in [0.25, 0.3) is 17.1 Å². The number of rotatable bonds is 5. The molecule has 1 N–H and O–H groups in total. The van der Waals surface area contributed by atoms with Crippen molar-refractivity contribution in [3.05, 3.63) is 63.8 Å². The number of amides is 3. The fourth-order valence-electron chi connectivity index (χ4n) is 3.09. The highest BCUT2D eigenvalue weighted by atomic mass is 32.2. The van der Waals surface area contributed by atoms with Gasteiger partial charge in [-0.3, -0.25) is 29.4 Å². The first-order chi connectivity index (χ1) is 14.2. The van der Waals surface area contributed by atoms with Gasteiger partial charge in [-0.25, -0.2) is 4.79 Å². The zero-order valence-corrected chi connectivity index (χ0v) is 17.8. The maximum atomic E-state index is 12.7. The maximum Gasteiger partial charge on any atom is 0.328 e. The minimum atomic E-state index is -1.01. The van der Waals surface area contributed by atoms with E-state index in [0.717, 1.165) is 22.4 Å². The summed E-state index contributed by atoms with van der Waals surface area (Å²) >= 11 is 0.762. The van der Waals surface area contributed by atoms with E-state index in [4.69, 9.17) is 0 Å². The lowest BCUT2D eigenvalue weighted by molar-refractivity contribution is -0.148. The molecule has 30 heavy (non-hydrogen) atoms. The van der Waals surface area contributed by atoms with Crippen molar-refractivity contribution in [3.63, 3.8) is 0 Å². The number of hydrogen-bond acceptors (Lipinski definition) is 6. The Morgan fingerprint density at radius 3 is 2.47 bits per heavy atom. The fourth-order valence-corrected chi connectivity index (χ4v) is 3.99. The van der Waals surface area contributed by atoms with Crippen molar-refractivity contribution in [1.82, 2.24) is 9.58 Å². The lowest BCUT2D eigenvalue weighted by atomic mass is 10.2. The van der Waals surface area contributed by atoms with Gasteiger partial charge in [-0.2, -0.15) is 0 Å². The second kappa shape index (κ2) is 8.58. The molecule has 1 saturated heterocycles. The molecule has 9 heteroatoms. The topological polar surface area (TPSA) is 97.7 Å². The van der Waals surface area contributed by atoms with E-state index in [-0.39, 0.29) is 10.8 Å². The van der Waals surface area contributed by atoms with Crippen LogP contribution < -0.4 is 5.43 Å². The molecular formula is C21H21N3O5S. The van der Waals surface area contributed by atoms with Crippen molar-refractivity contribution in [1.29, 1.82) is 0 Å². The smallest absolute Gasteiger partial charge is 0.328 e. The van der Waals surface area contributed by atoms with E-state index in [1.165, 1.54) is 14.0 Å². The molecule has 156 valence electrons. The van der Waals surface area contributed by atoms with E-state index in [9.17, 15) is 19.2 Å². The summed E-state index contributed by atoms with van der Waals surface area (Å²) in [6.45, 7) is 5.06. The van der Waals surface area contributed by atoms with Gasteiger partial charge in [0.15, 0.2) is 0 Å². The maximum absolute atomic E-state index is 12.7. The Bertz CT molecular complexity index is 1060. The summed E-state index contributed by atoms with van der Waals surface area (Å²) in [7, 11) is 1.20. The Kier molecular flexibility index (Phi) is 6.12. The number of aryl methyl sites for hydroxylation is 1. The van der Waals surface area contributed by atoms with Crippen LogP contribution in [0, 0.1) is 13.8 Å². The number of ether oxygens (including phenoxy) is 1. The Hall–Kier alpha value is -3.33. The van der Waals surface area contributed by atoms with Crippen LogP contribution in [0.25, 0.3) is 6.08 Å². The summed E-state index contributed by atoms with van der Waals surface area (Å²) in [5, 5.41) is -0.532. The zero-order chi connectivity index (χ0) is 22.0. The average molecular weight is 427 g/mol. The molecule has 3 amide bonds. The molecule has 1 atom stereocenters. The first kappa shape index (κ1) is 21.4. The number of nitrogens with zero attached hydrogens (tertiary/aromatic N) is 2. The number of imide groups is 1. The van der Waals surface area contributed by atoms with Gasteiger partial charge >= 0.3 is 5.97 Å². The summed E-state index contributed by atoms with van der Waals surface area (Å²) < 4.78 is 6.26. The molecule has 3 rings (SSSR count). The molecule has 0 spiro atoms. The SMILES string of the molecule is COC(=O)[C@H](C)N1C(=O)S/C(=C/c2cc(C)n(NC(=O)c3ccccc3)c2C)C1=O. The summed E-state index contributed by atoms with van der Waals surface area (Å²) in [5.41, 5.74) is 5.48. The number of methoxy groups -OCH3 is 1. The molecule has 0 aliphatic carbocycles. The van der Waals surface area contributed by atoms with Crippen molar-refractivity contribution in [2.24, 2.45) is 0 Å². The molecule has 0 unspecified atom stereocenters. The number of nitrogens with one attached hydrogen (secondary N) is 1. The number of thioether (sulfide) groups is 1. The van der Waals surface area contributed by atoms with E-state index in [0.29, 0.717) is 16.8 Å². The Labute approximate surface area is 177 Å². The number of carbonyl (C=O) groups excluding carboxylic acids is 4. The number of aromatic nitrogens is 1. The van der Waals surface area contributed by atoms with E-state index in [1.54, 1.807) is 48.0 Å². The van der Waals surface area contributed by atoms with Crippen LogP contribution in [-0.2, 0) is 14.3 Å². The Balaban J connectivity index is 1.86. The molecule has 2 aromatic rings. The predicted octanol–water partition coefficient (Wildman–Crippen LogP) is 3.09. The molecule has 8 nitrogen and oxygen atoms in total. The average Bonchev–Trinajstić information content (AvgIpc) is 3.16. The van der Waals surface area contributed by atoms with Gasteiger partial charge < -0.3 is 4.74 Å². The van der Waals surface area contributed by atoms with Crippen molar-refractivity contribution in [3.8, 4) is 0 Å². The third-order valence-electron chi connectivity index (χ3n) is 4.76. The first-order valence-electron chi connectivity index (χ1n) is 9.14. The van der Waals surface area contributed by atoms with E-state index >= 15 is 0 Å². The van der Waals surface area contributed by atoms with Gasteiger partial charge in [-0.05, 0) is 62.4 Å². The molecule has 1 aliphatic heterocycles. The quantitative estimate of drug-likeness (QED) is 0.582. The zero-order valence-electron chi connectivity index (χ0n) is 17.0. The van der Waals surface area contributed by atoms with Gasteiger partial charge in [0.05, 0.1) is 12.0 Å². The molecule has 0 radical (unpaired) electrons. The summed E-state index contributed by atoms with van der Waals surface area (Å²) in [5.74, 6) is -1.49. The van der Waals surface area contributed by atoms with Gasteiger partial charge in [0.1, 0.15) is 6.04 Å². The largest absolute Gasteiger partial charge is 0.467 e. The molecule has 1 aliphatic rings. The van der Waals surface area contributed by atoms with Crippen molar-refractivity contribution in [2.75, 3.05) is 12.5 Å². The normalized spacial score (nSPS) is 16.1. The molecule has 0 bridgehead atoms. The molecule has 2 heterocycles. The summed E-state index contributed by atoms with van der Waals surface area (Å²) in [6, 6.07) is 9.60. The molecular weight excluding hydrogens is 406 g/mol. The van der Waals surface area contributed by atoms with Crippen LogP contribution in [0.15, 0.2) is 41.3 Å². The van der Waals surface area contributed by atoms with Crippen molar-refractivity contribution in [2.45, 2.75) is 26.8 Å². The Morgan fingerprint density at radius 1 is 1.17 bits per heavy atom. The van der Waals surface area contributed by atoms with Gasteiger partial charge in [0.2, 0.25) is 0 Å². The predicted molar refractivity (Wildman–Crippen MR) is 113 cm³/mol. The summed E-state index contributed by atoms with van der Waals surface area (Å²) in [4.78, 5) is 50.2. The highest BCUT2D eigenvalue weighted by Crippen LogP contribution is 2.34. The Morgan fingerprint density at radius 2 is 1.83 bits per heavy atom. The molecule has 1 aromatic carbocycles. The van der Waals surface area contributed by atoms with Crippen LogP contribution in [0.4, 0.5) is 4.79 Å². The van der Waals surface area contributed by atoms with Crippen molar-refractivity contribution < 1.29 is 23.9 Å². The standard InChI is InChI=1S/C21H21N3O5S/c1-12-10-16(13(2)24(12)22-18(25)15-8-6-5-7-9-15)11-17-19(26)23(21(28)30-17)14(3)20(27)29-4/h5-11,14H,1-4H3,(H,22,25)/b17-11+/t14-/m0/s1. The van der Waals surface area contributed by atoms with Crippen LogP contribution in [0.5, 0.6) is 0 Å². The lowest BCUT2D eigenvalue weighted by Crippen LogP contribution is -2.42. The minimum absolute atomic E-state index is 0.199. The second-order valence-electron chi connectivity index (χ2n) is 6.72. The number of esters is 1. The highest BCUT2D eigenvalue weighted by molar-refractivity contribution is 8.18. The lowest BCUT2D eigenvalue weighted by Gasteiger charge is -2.18. The van der Waals surface area contributed by atoms with Gasteiger partial charge in [-0.1, -0.05) is 18.2 Å². The van der Waals surface area contributed by atoms with E-state index < -0.39 is 23.2 Å². The third-order valence-corrected chi connectivity index (χ3v) is 5.64. The molecule has 1 aromatic heterocycles. The van der Waals surface area contributed by atoms with E-state index in [1.807, 2.05) is 13.0 Å². The van der Waals surface area contributed by atoms with Crippen LogP contribution in [0.1, 0.15) is 34.2 Å². The minimum Gasteiger partial charge on any atom is -0.467 e. The summed E-state index contributed by atoms with van der Waals surface area (Å²) in [6.07, 6.45) is 1.59. The van der Waals surface area contributed by atoms with E-state index in [2.05, 4.69) is 10.2 Å². The van der Waals surface area contributed by atoms with Gasteiger partial charge in [-0.15, -0.1) is 0 Å². The fraction of sp³-hybridized carbons (Fsp3) is 0.238. The molecule has 1 fully saturated rings. The van der Waals surface area contributed by atoms with Crippen LogP contribution in [0.3, 0.4) is 0 Å². The monoisotopic (exact) mass is 427 g/mol.